The average Bonchev–Trinajstić information content (AvgIpc) is 3.30. The van der Waals surface area contributed by atoms with Crippen molar-refractivity contribution in [2.75, 3.05) is 19.6 Å². The first-order chi connectivity index (χ1) is 9.54. The van der Waals surface area contributed by atoms with Crippen LogP contribution >= 0.6 is 0 Å². The van der Waals surface area contributed by atoms with Gasteiger partial charge in [0.2, 0.25) is 0 Å². The zero-order valence-electron chi connectivity index (χ0n) is 11.6. The molecule has 0 aromatic rings. The van der Waals surface area contributed by atoms with Gasteiger partial charge < -0.3 is 20.0 Å². The molecule has 0 aromatic heterocycles. The van der Waals surface area contributed by atoms with E-state index in [1.807, 2.05) is 4.90 Å². The lowest BCUT2D eigenvalue weighted by atomic mass is 10.2. The summed E-state index contributed by atoms with van der Waals surface area (Å²) < 4.78 is 0. The molecule has 0 spiro atoms. The number of rotatable bonds is 5. The summed E-state index contributed by atoms with van der Waals surface area (Å²) >= 11 is 0. The summed E-state index contributed by atoms with van der Waals surface area (Å²) in [7, 11) is 0. The highest BCUT2D eigenvalue weighted by Gasteiger charge is 2.42. The zero-order chi connectivity index (χ0) is 14.3. The van der Waals surface area contributed by atoms with Crippen LogP contribution < -0.4 is 0 Å². The summed E-state index contributed by atoms with van der Waals surface area (Å²) in [6.45, 7) is 1.63. The molecular weight excluding hydrogens is 260 g/mol. The van der Waals surface area contributed by atoms with Crippen LogP contribution in [-0.2, 0) is 4.79 Å². The monoisotopic (exact) mass is 282 g/mol. The molecule has 6 nitrogen and oxygen atoms in total. The van der Waals surface area contributed by atoms with Crippen molar-refractivity contribution in [1.82, 2.24) is 9.80 Å². The lowest BCUT2D eigenvalue weighted by Crippen LogP contribution is -2.49. The van der Waals surface area contributed by atoms with Gasteiger partial charge in [0.05, 0.1) is 6.10 Å². The van der Waals surface area contributed by atoms with Crippen molar-refractivity contribution >= 4 is 12.0 Å². The molecule has 1 saturated heterocycles. The predicted molar refractivity (Wildman–Crippen MR) is 71.2 cm³/mol. The van der Waals surface area contributed by atoms with Crippen LogP contribution in [0.5, 0.6) is 0 Å². The standard InChI is InChI=1S/C14H22N2O4/c17-11-5-12(13(18)19)16(8-11)14(20)15(6-9-1-2-9)7-10-3-4-10/h9-12,17H,1-8H2,(H,18,19). The van der Waals surface area contributed by atoms with Crippen LogP contribution in [0.2, 0.25) is 0 Å². The van der Waals surface area contributed by atoms with Crippen LogP contribution in [0, 0.1) is 11.8 Å². The maximum Gasteiger partial charge on any atom is 0.326 e. The number of carbonyl (C=O) groups excluding carboxylic acids is 1. The largest absolute Gasteiger partial charge is 0.480 e. The van der Waals surface area contributed by atoms with Crippen molar-refractivity contribution in [3.8, 4) is 0 Å². The Bertz CT molecular complexity index is 392. The van der Waals surface area contributed by atoms with Gasteiger partial charge in [0.1, 0.15) is 6.04 Å². The van der Waals surface area contributed by atoms with Gasteiger partial charge in [0.25, 0.3) is 0 Å². The fraction of sp³-hybridized carbons (Fsp3) is 0.857. The minimum Gasteiger partial charge on any atom is -0.480 e. The fourth-order valence-corrected chi connectivity index (χ4v) is 2.90. The van der Waals surface area contributed by atoms with Crippen LogP contribution in [0.4, 0.5) is 4.79 Å². The summed E-state index contributed by atoms with van der Waals surface area (Å²) in [5, 5.41) is 18.9. The molecule has 0 aromatic carbocycles. The van der Waals surface area contributed by atoms with Gasteiger partial charge in [-0.2, -0.15) is 0 Å². The van der Waals surface area contributed by atoms with Gasteiger partial charge in [-0.1, -0.05) is 0 Å². The van der Waals surface area contributed by atoms with Crippen LogP contribution in [0.3, 0.4) is 0 Å². The number of hydrogen-bond acceptors (Lipinski definition) is 3. The highest BCUT2D eigenvalue weighted by Crippen LogP contribution is 2.34. The first-order valence-corrected chi connectivity index (χ1v) is 7.51. The minimum atomic E-state index is -1.02. The fourth-order valence-electron chi connectivity index (χ4n) is 2.90. The number of aliphatic hydroxyl groups is 1. The summed E-state index contributed by atoms with van der Waals surface area (Å²) in [5.41, 5.74) is 0. The van der Waals surface area contributed by atoms with E-state index in [1.54, 1.807) is 0 Å². The van der Waals surface area contributed by atoms with E-state index in [0.717, 1.165) is 13.1 Å². The van der Waals surface area contributed by atoms with Crippen LogP contribution in [0.15, 0.2) is 0 Å². The quantitative estimate of drug-likeness (QED) is 0.779. The molecule has 3 fully saturated rings. The summed E-state index contributed by atoms with van der Waals surface area (Å²) in [5.74, 6) is 0.162. The normalized spacial score (nSPS) is 29.6. The Hall–Kier alpha value is -1.30. The molecule has 3 rings (SSSR count). The van der Waals surface area contributed by atoms with Crippen LogP contribution in [0.25, 0.3) is 0 Å². The molecule has 3 aliphatic rings. The molecule has 6 heteroatoms. The molecule has 20 heavy (non-hydrogen) atoms. The second kappa shape index (κ2) is 5.24. The molecular formula is C14H22N2O4. The van der Waals surface area contributed by atoms with Crippen molar-refractivity contribution in [3.63, 3.8) is 0 Å². The van der Waals surface area contributed by atoms with E-state index in [0.29, 0.717) is 11.8 Å². The average molecular weight is 282 g/mol. The molecule has 2 unspecified atom stereocenters. The lowest BCUT2D eigenvalue weighted by molar-refractivity contribution is -0.141. The van der Waals surface area contributed by atoms with Crippen molar-refractivity contribution < 1.29 is 19.8 Å². The molecule has 2 atom stereocenters. The van der Waals surface area contributed by atoms with E-state index >= 15 is 0 Å². The van der Waals surface area contributed by atoms with Gasteiger partial charge in [-0.25, -0.2) is 9.59 Å². The molecule has 1 aliphatic heterocycles. The second-order valence-corrected chi connectivity index (χ2v) is 6.47. The van der Waals surface area contributed by atoms with E-state index in [1.165, 1.54) is 30.6 Å². The maximum absolute atomic E-state index is 12.6. The Kier molecular flexibility index (Phi) is 3.58. The van der Waals surface area contributed by atoms with E-state index in [4.69, 9.17) is 0 Å². The minimum absolute atomic E-state index is 0.141. The number of carboxylic acid groups (broad SMARTS) is 1. The Balaban J connectivity index is 1.67. The van der Waals surface area contributed by atoms with Crippen LogP contribution in [0.1, 0.15) is 32.1 Å². The number of hydrogen-bond donors (Lipinski definition) is 2. The lowest BCUT2D eigenvalue weighted by Gasteiger charge is -2.30. The Morgan fingerprint density at radius 2 is 1.65 bits per heavy atom. The number of carbonyl (C=O) groups is 2. The topological polar surface area (TPSA) is 81.1 Å². The molecule has 2 amide bonds. The van der Waals surface area contributed by atoms with Crippen molar-refractivity contribution in [3.05, 3.63) is 0 Å². The van der Waals surface area contributed by atoms with E-state index in [2.05, 4.69) is 0 Å². The first-order valence-electron chi connectivity index (χ1n) is 7.51. The number of amides is 2. The van der Waals surface area contributed by atoms with Crippen molar-refractivity contribution in [2.45, 2.75) is 44.2 Å². The molecule has 0 bridgehead atoms. The second-order valence-electron chi connectivity index (χ2n) is 6.47. The summed E-state index contributed by atoms with van der Waals surface area (Å²) in [6.07, 6.45) is 4.09. The Morgan fingerprint density at radius 1 is 1.10 bits per heavy atom. The number of likely N-dealkylation sites (tertiary alicyclic amines) is 1. The number of nitrogens with zero attached hydrogens (tertiary/aromatic N) is 2. The smallest absolute Gasteiger partial charge is 0.326 e. The van der Waals surface area contributed by atoms with Crippen molar-refractivity contribution in [1.29, 1.82) is 0 Å². The Morgan fingerprint density at radius 3 is 2.10 bits per heavy atom. The first kappa shape index (κ1) is 13.7. The van der Waals surface area contributed by atoms with Gasteiger partial charge in [-0.15, -0.1) is 0 Å². The molecule has 2 saturated carbocycles. The highest BCUT2D eigenvalue weighted by atomic mass is 16.4. The molecule has 2 aliphatic carbocycles. The third-order valence-corrected chi connectivity index (χ3v) is 4.43. The molecule has 2 N–H and O–H groups in total. The molecule has 1 heterocycles. The number of aliphatic hydroxyl groups excluding tert-OH is 1. The highest BCUT2D eigenvalue weighted by molar-refractivity contribution is 5.83. The summed E-state index contributed by atoms with van der Waals surface area (Å²) in [6, 6.07) is -1.08. The maximum atomic E-state index is 12.6. The van der Waals surface area contributed by atoms with E-state index in [9.17, 15) is 19.8 Å². The molecule has 112 valence electrons. The SMILES string of the molecule is O=C(O)C1CC(O)CN1C(=O)N(CC1CC1)CC1CC1. The Labute approximate surface area is 118 Å². The predicted octanol–water partition coefficient (Wildman–Crippen LogP) is 0.748. The number of β-amino-alcohol motifs (C(OH)–C–C–N with tert-alkyl or cyclic N) is 1. The van der Waals surface area contributed by atoms with Gasteiger partial charge in [-0.05, 0) is 37.5 Å². The molecule has 0 radical (unpaired) electrons. The number of urea groups is 1. The van der Waals surface area contributed by atoms with Gasteiger partial charge in [0.15, 0.2) is 0 Å². The van der Waals surface area contributed by atoms with Crippen molar-refractivity contribution in [2.24, 2.45) is 11.8 Å². The van der Waals surface area contributed by atoms with E-state index in [-0.39, 0.29) is 19.0 Å². The van der Waals surface area contributed by atoms with Crippen LogP contribution in [-0.4, -0.2) is 63.8 Å². The number of carboxylic acids is 1. The van der Waals surface area contributed by atoms with E-state index < -0.39 is 18.1 Å². The third-order valence-electron chi connectivity index (χ3n) is 4.43. The summed E-state index contributed by atoms with van der Waals surface area (Å²) in [4.78, 5) is 27.0. The van der Waals surface area contributed by atoms with Gasteiger partial charge >= 0.3 is 12.0 Å². The number of aliphatic carboxylic acids is 1. The zero-order valence-corrected chi connectivity index (χ0v) is 11.6. The third kappa shape index (κ3) is 3.06. The van der Waals surface area contributed by atoms with Gasteiger partial charge in [0, 0.05) is 26.1 Å². The van der Waals surface area contributed by atoms with Gasteiger partial charge in [-0.3, -0.25) is 0 Å².